The van der Waals surface area contributed by atoms with Gasteiger partial charge in [-0.15, -0.1) is 0 Å². The van der Waals surface area contributed by atoms with E-state index in [0.717, 1.165) is 17.1 Å². The second kappa shape index (κ2) is 9.68. The van der Waals surface area contributed by atoms with Gasteiger partial charge in [0.1, 0.15) is 0 Å². The Morgan fingerprint density at radius 1 is 1.15 bits per heavy atom. The molecular weight excluding hydrogens is 356 g/mol. The van der Waals surface area contributed by atoms with E-state index < -0.39 is 15.9 Å². The van der Waals surface area contributed by atoms with Crippen molar-refractivity contribution in [2.24, 2.45) is 5.92 Å². The molecule has 8 heteroatoms. The third-order valence-corrected chi connectivity index (χ3v) is 5.88. The van der Waals surface area contributed by atoms with Crippen molar-refractivity contribution >= 4 is 21.9 Å². The number of esters is 1. The zero-order valence-corrected chi connectivity index (χ0v) is 16.9. The average Bonchev–Trinajstić information content (AvgIpc) is 2.63. The van der Waals surface area contributed by atoms with Gasteiger partial charge in [0.15, 0.2) is 0 Å². The molecule has 0 radical (unpaired) electrons. The van der Waals surface area contributed by atoms with Crippen LogP contribution in [0.3, 0.4) is 0 Å². The van der Waals surface area contributed by atoms with Gasteiger partial charge >= 0.3 is 5.97 Å². The fourth-order valence-electron chi connectivity index (χ4n) is 2.39. The molecule has 0 N–H and O–H groups in total. The first kappa shape index (κ1) is 22.1. The first-order chi connectivity index (χ1) is 12.1. The smallest absolute Gasteiger partial charge is 0.310 e. The monoisotopic (exact) mass is 384 g/mol. The molecule has 26 heavy (non-hydrogen) atoms. The van der Waals surface area contributed by atoms with Crippen LogP contribution in [0.4, 0.5) is 0 Å². The molecule has 0 saturated heterocycles. The largest absolute Gasteiger partial charge is 0.469 e. The minimum absolute atomic E-state index is 0.127. The molecule has 0 heterocycles. The second-order valence-corrected chi connectivity index (χ2v) is 8.49. The number of unbranched alkanes of at least 4 members (excludes halogenated alkanes) is 1. The van der Waals surface area contributed by atoms with Crippen LogP contribution in [0, 0.1) is 5.92 Å². The van der Waals surface area contributed by atoms with E-state index in [0.29, 0.717) is 12.1 Å². The molecule has 1 unspecified atom stereocenters. The van der Waals surface area contributed by atoms with E-state index in [1.165, 1.54) is 45.5 Å². The quantitative estimate of drug-likeness (QED) is 0.608. The summed E-state index contributed by atoms with van der Waals surface area (Å²) in [6.45, 7) is 4.51. The minimum Gasteiger partial charge on any atom is -0.469 e. The number of sulfonamides is 1. The highest BCUT2D eigenvalue weighted by atomic mass is 32.2. The number of rotatable bonds is 9. The standard InChI is InChI=1S/C18H28N2O5S/c1-6-7-12-20(13-14(2)18(22)25-5)17(21)15-8-10-16(11-9-15)26(23,24)19(3)4/h8-11,14H,6-7,12-13H2,1-5H3. The first-order valence-corrected chi connectivity index (χ1v) is 9.98. The molecule has 0 spiro atoms. The summed E-state index contributed by atoms with van der Waals surface area (Å²) in [5, 5.41) is 0. The molecule has 1 amide bonds. The Labute approximate surface area is 156 Å². The number of amides is 1. The van der Waals surface area contributed by atoms with Crippen molar-refractivity contribution in [3.63, 3.8) is 0 Å². The lowest BCUT2D eigenvalue weighted by molar-refractivity contribution is -0.145. The number of hydrogen-bond donors (Lipinski definition) is 0. The van der Waals surface area contributed by atoms with Crippen LogP contribution in [0.5, 0.6) is 0 Å². The Morgan fingerprint density at radius 2 is 1.73 bits per heavy atom. The van der Waals surface area contributed by atoms with Gasteiger partial charge in [0.2, 0.25) is 10.0 Å². The van der Waals surface area contributed by atoms with Crippen molar-refractivity contribution in [1.29, 1.82) is 0 Å². The summed E-state index contributed by atoms with van der Waals surface area (Å²) in [7, 11) is 0.687. The maximum Gasteiger partial charge on any atom is 0.310 e. The number of carbonyl (C=O) groups excluding carboxylic acids is 2. The second-order valence-electron chi connectivity index (χ2n) is 6.34. The van der Waals surface area contributed by atoms with E-state index in [1.54, 1.807) is 11.8 Å². The van der Waals surface area contributed by atoms with E-state index in [-0.39, 0.29) is 23.3 Å². The number of methoxy groups -OCH3 is 1. The number of carbonyl (C=O) groups is 2. The molecule has 1 aromatic rings. The van der Waals surface area contributed by atoms with Crippen LogP contribution >= 0.6 is 0 Å². The van der Waals surface area contributed by atoms with E-state index in [9.17, 15) is 18.0 Å². The molecule has 0 saturated carbocycles. The average molecular weight is 384 g/mol. The van der Waals surface area contributed by atoms with Crippen LogP contribution in [-0.4, -0.2) is 63.8 Å². The molecule has 0 aromatic heterocycles. The van der Waals surface area contributed by atoms with Crippen molar-refractivity contribution in [2.45, 2.75) is 31.6 Å². The van der Waals surface area contributed by atoms with Gasteiger partial charge in [-0.3, -0.25) is 9.59 Å². The van der Waals surface area contributed by atoms with Gasteiger partial charge in [-0.2, -0.15) is 0 Å². The molecule has 1 rings (SSSR count). The lowest BCUT2D eigenvalue weighted by atomic mass is 10.1. The highest BCUT2D eigenvalue weighted by Crippen LogP contribution is 2.16. The number of nitrogens with zero attached hydrogens (tertiary/aromatic N) is 2. The molecular formula is C18H28N2O5S. The predicted molar refractivity (Wildman–Crippen MR) is 99.3 cm³/mol. The third kappa shape index (κ3) is 5.54. The lowest BCUT2D eigenvalue weighted by Crippen LogP contribution is -2.38. The Morgan fingerprint density at radius 3 is 2.19 bits per heavy atom. The van der Waals surface area contributed by atoms with Crippen LogP contribution in [0.25, 0.3) is 0 Å². The number of hydrogen-bond acceptors (Lipinski definition) is 5. The fourth-order valence-corrected chi connectivity index (χ4v) is 3.30. The number of benzene rings is 1. The zero-order chi connectivity index (χ0) is 19.9. The van der Waals surface area contributed by atoms with E-state index in [2.05, 4.69) is 0 Å². The zero-order valence-electron chi connectivity index (χ0n) is 16.1. The van der Waals surface area contributed by atoms with Gasteiger partial charge in [0, 0.05) is 32.7 Å². The fraction of sp³-hybridized carbons (Fsp3) is 0.556. The maximum absolute atomic E-state index is 12.8. The summed E-state index contributed by atoms with van der Waals surface area (Å²) in [4.78, 5) is 26.2. The maximum atomic E-state index is 12.8. The minimum atomic E-state index is -3.54. The SMILES string of the molecule is CCCCN(CC(C)C(=O)OC)C(=O)c1ccc(S(=O)(=O)N(C)C)cc1. The highest BCUT2D eigenvalue weighted by molar-refractivity contribution is 7.89. The van der Waals surface area contributed by atoms with Crippen LogP contribution in [0.1, 0.15) is 37.0 Å². The molecule has 7 nitrogen and oxygen atoms in total. The van der Waals surface area contributed by atoms with Crippen LogP contribution < -0.4 is 0 Å². The van der Waals surface area contributed by atoms with Crippen molar-refractivity contribution in [2.75, 3.05) is 34.3 Å². The molecule has 0 aliphatic carbocycles. The van der Waals surface area contributed by atoms with Crippen LogP contribution in [0.15, 0.2) is 29.2 Å². The van der Waals surface area contributed by atoms with Gasteiger partial charge in [0.25, 0.3) is 5.91 Å². The van der Waals surface area contributed by atoms with Gasteiger partial charge in [-0.05, 0) is 30.7 Å². The van der Waals surface area contributed by atoms with Crippen molar-refractivity contribution in [3.8, 4) is 0 Å². The molecule has 0 aliphatic rings. The molecule has 1 aromatic carbocycles. The van der Waals surface area contributed by atoms with Crippen molar-refractivity contribution in [3.05, 3.63) is 29.8 Å². The number of ether oxygens (including phenoxy) is 1. The van der Waals surface area contributed by atoms with Crippen molar-refractivity contribution < 1.29 is 22.7 Å². The summed E-state index contributed by atoms with van der Waals surface area (Å²) in [6, 6.07) is 5.84. The topological polar surface area (TPSA) is 84.0 Å². The van der Waals surface area contributed by atoms with Gasteiger partial charge < -0.3 is 9.64 Å². The third-order valence-electron chi connectivity index (χ3n) is 4.05. The van der Waals surface area contributed by atoms with E-state index in [1.807, 2.05) is 6.92 Å². The molecule has 1 atom stereocenters. The normalized spacial score (nSPS) is 12.7. The lowest BCUT2D eigenvalue weighted by Gasteiger charge is -2.25. The Bertz CT molecular complexity index is 714. The molecule has 0 bridgehead atoms. The summed E-state index contributed by atoms with van der Waals surface area (Å²) < 4.78 is 30.1. The van der Waals surface area contributed by atoms with Crippen molar-refractivity contribution in [1.82, 2.24) is 9.21 Å². The molecule has 0 aliphatic heterocycles. The predicted octanol–water partition coefficient (Wildman–Crippen LogP) is 1.99. The first-order valence-electron chi connectivity index (χ1n) is 8.54. The Hall–Kier alpha value is -1.93. The van der Waals surface area contributed by atoms with Gasteiger partial charge in [0.05, 0.1) is 17.9 Å². The van der Waals surface area contributed by atoms with Crippen LogP contribution in [-0.2, 0) is 19.6 Å². The molecule has 146 valence electrons. The van der Waals surface area contributed by atoms with E-state index >= 15 is 0 Å². The Balaban J connectivity index is 3.02. The summed E-state index contributed by atoms with van der Waals surface area (Å²) in [6.07, 6.45) is 1.73. The summed E-state index contributed by atoms with van der Waals surface area (Å²) in [5.41, 5.74) is 0.385. The van der Waals surface area contributed by atoms with E-state index in [4.69, 9.17) is 4.74 Å². The van der Waals surface area contributed by atoms with Crippen LogP contribution in [0.2, 0.25) is 0 Å². The van der Waals surface area contributed by atoms with Gasteiger partial charge in [-0.25, -0.2) is 12.7 Å². The summed E-state index contributed by atoms with van der Waals surface area (Å²) >= 11 is 0. The molecule has 0 fully saturated rings. The van der Waals surface area contributed by atoms with Gasteiger partial charge in [-0.1, -0.05) is 20.3 Å². The Kier molecular flexibility index (Phi) is 8.23. The highest BCUT2D eigenvalue weighted by Gasteiger charge is 2.23. The summed E-state index contributed by atoms with van der Waals surface area (Å²) in [5.74, 6) is -1.04.